The maximum absolute atomic E-state index is 12.2. The van der Waals surface area contributed by atoms with E-state index in [2.05, 4.69) is 20.3 Å². The van der Waals surface area contributed by atoms with E-state index < -0.39 is 0 Å². The largest absolute Gasteiger partial charge is 0.487 e. The van der Waals surface area contributed by atoms with Crippen LogP contribution in [0, 0.1) is 0 Å². The van der Waals surface area contributed by atoms with Crippen LogP contribution in [0.25, 0.3) is 0 Å². The smallest absolute Gasteiger partial charge is 0.274 e. The van der Waals surface area contributed by atoms with E-state index in [0.717, 1.165) is 11.4 Å². The first-order valence-electron chi connectivity index (χ1n) is 7.93. The molecule has 0 bridgehead atoms. The number of carbonyl (C=O) groups is 1. The van der Waals surface area contributed by atoms with Crippen LogP contribution in [0.3, 0.4) is 0 Å². The highest BCUT2D eigenvalue weighted by atomic mass is 16.5. The summed E-state index contributed by atoms with van der Waals surface area (Å²) in [5, 5.41) is 8.26. The van der Waals surface area contributed by atoms with Gasteiger partial charge in [-0.1, -0.05) is 23.4 Å². The summed E-state index contributed by atoms with van der Waals surface area (Å²) in [5.74, 6) is 0.679. The van der Waals surface area contributed by atoms with Crippen LogP contribution in [0.1, 0.15) is 22.2 Å². The molecule has 3 heterocycles. The second-order valence-corrected chi connectivity index (χ2v) is 5.75. The van der Waals surface area contributed by atoms with Crippen molar-refractivity contribution in [3.8, 4) is 5.75 Å². The molecule has 1 aromatic carbocycles. The molecule has 1 saturated heterocycles. The van der Waals surface area contributed by atoms with Gasteiger partial charge in [-0.15, -0.1) is 5.10 Å². The van der Waals surface area contributed by atoms with Gasteiger partial charge in [0.1, 0.15) is 23.7 Å². The quantitative estimate of drug-likeness (QED) is 0.699. The molecule has 1 amide bonds. The first kappa shape index (κ1) is 15.3. The van der Waals surface area contributed by atoms with Crippen molar-refractivity contribution < 1.29 is 9.53 Å². The molecule has 1 aliphatic heterocycles. The van der Waals surface area contributed by atoms with Crippen molar-refractivity contribution in [2.45, 2.75) is 12.6 Å². The van der Waals surface area contributed by atoms with Gasteiger partial charge in [-0.2, -0.15) is 0 Å². The maximum atomic E-state index is 12.2. The topological polar surface area (TPSA) is 86.0 Å². The zero-order valence-electron chi connectivity index (χ0n) is 13.4. The molecule has 0 atom stereocenters. The number of rotatable bonds is 5. The summed E-state index contributed by atoms with van der Waals surface area (Å²) in [6.45, 7) is 1.52. The molecular formula is C17H16N6O2. The zero-order chi connectivity index (χ0) is 17.1. The minimum absolute atomic E-state index is 0.114. The minimum atomic E-state index is -0.114. The number of hydrogen-bond acceptors (Lipinski definition) is 6. The fourth-order valence-electron chi connectivity index (χ4n) is 2.59. The second kappa shape index (κ2) is 6.68. The number of amides is 1. The lowest BCUT2D eigenvalue weighted by Gasteiger charge is -2.38. The lowest BCUT2D eigenvalue weighted by Crippen LogP contribution is -2.51. The molecule has 8 nitrogen and oxygen atoms in total. The maximum Gasteiger partial charge on any atom is 0.274 e. The Labute approximate surface area is 144 Å². The van der Waals surface area contributed by atoms with E-state index in [1.807, 2.05) is 36.5 Å². The van der Waals surface area contributed by atoms with E-state index in [0.29, 0.717) is 25.4 Å². The van der Waals surface area contributed by atoms with Crippen molar-refractivity contribution in [3.63, 3.8) is 0 Å². The number of nitrogens with zero attached hydrogens (tertiary/aromatic N) is 6. The molecule has 1 aliphatic rings. The Morgan fingerprint density at radius 3 is 2.80 bits per heavy atom. The molecule has 0 unspecified atom stereocenters. The molecule has 3 aromatic rings. The van der Waals surface area contributed by atoms with Gasteiger partial charge in [-0.25, -0.2) is 9.67 Å². The third kappa shape index (κ3) is 3.32. The molecule has 2 aromatic heterocycles. The number of likely N-dealkylation sites (tertiary alicyclic amines) is 1. The van der Waals surface area contributed by atoms with Gasteiger partial charge < -0.3 is 9.64 Å². The van der Waals surface area contributed by atoms with Crippen molar-refractivity contribution >= 4 is 5.91 Å². The van der Waals surface area contributed by atoms with Gasteiger partial charge in [0.25, 0.3) is 5.91 Å². The van der Waals surface area contributed by atoms with Crippen LogP contribution >= 0.6 is 0 Å². The van der Waals surface area contributed by atoms with Crippen LogP contribution in [0.4, 0.5) is 0 Å². The summed E-state index contributed by atoms with van der Waals surface area (Å²) in [7, 11) is 0. The monoisotopic (exact) mass is 336 g/mol. The highest BCUT2D eigenvalue weighted by molar-refractivity contribution is 5.92. The Morgan fingerprint density at radius 2 is 2.04 bits per heavy atom. The Balaban J connectivity index is 1.31. The summed E-state index contributed by atoms with van der Waals surface area (Å²) in [5.41, 5.74) is 1.11. The lowest BCUT2D eigenvalue weighted by atomic mass is 10.1. The highest BCUT2D eigenvalue weighted by Gasteiger charge is 2.33. The number of para-hydroxylation sites is 1. The number of aromatic nitrogens is 5. The zero-order valence-corrected chi connectivity index (χ0v) is 13.4. The molecule has 4 rings (SSSR count). The van der Waals surface area contributed by atoms with Crippen LogP contribution in [-0.2, 0) is 6.61 Å². The fourth-order valence-corrected chi connectivity index (χ4v) is 2.59. The summed E-state index contributed by atoms with van der Waals surface area (Å²) in [4.78, 5) is 21.9. The van der Waals surface area contributed by atoms with Crippen LogP contribution in [0.2, 0.25) is 0 Å². The molecule has 0 N–H and O–H groups in total. The number of benzene rings is 1. The van der Waals surface area contributed by atoms with Gasteiger partial charge in [0.15, 0.2) is 0 Å². The Hall–Kier alpha value is -3.29. The van der Waals surface area contributed by atoms with Gasteiger partial charge in [-0.3, -0.25) is 9.78 Å². The standard InChI is InChI=1S/C17H16N6O2/c24-17(16-8-18-6-7-19-16)22-10-14(11-22)23-9-13(20-21-23)12-25-15-4-2-1-3-5-15/h1-9,14H,10-12H2. The Kier molecular flexibility index (Phi) is 4.07. The van der Waals surface area contributed by atoms with E-state index in [-0.39, 0.29) is 11.9 Å². The predicted octanol–water partition coefficient (Wildman–Crippen LogP) is 1.34. The first-order valence-corrected chi connectivity index (χ1v) is 7.93. The Bertz CT molecular complexity index is 846. The van der Waals surface area contributed by atoms with Gasteiger partial charge in [-0.05, 0) is 12.1 Å². The van der Waals surface area contributed by atoms with Crippen LogP contribution < -0.4 is 4.74 Å². The predicted molar refractivity (Wildman–Crippen MR) is 87.8 cm³/mol. The second-order valence-electron chi connectivity index (χ2n) is 5.75. The van der Waals surface area contributed by atoms with Gasteiger partial charge in [0.2, 0.25) is 0 Å². The summed E-state index contributed by atoms with van der Waals surface area (Å²) >= 11 is 0. The molecular weight excluding hydrogens is 320 g/mol. The normalized spacial score (nSPS) is 14.2. The molecule has 0 spiro atoms. The first-order chi connectivity index (χ1) is 12.3. The van der Waals surface area contributed by atoms with E-state index in [9.17, 15) is 4.79 Å². The average molecular weight is 336 g/mol. The molecule has 8 heteroatoms. The van der Waals surface area contributed by atoms with Crippen LogP contribution in [-0.4, -0.2) is 48.9 Å². The molecule has 0 radical (unpaired) electrons. The van der Waals surface area contributed by atoms with E-state index in [1.165, 1.54) is 12.4 Å². The SMILES string of the molecule is O=C(c1cnccn1)N1CC(n2cc(COc3ccccc3)nn2)C1. The van der Waals surface area contributed by atoms with E-state index >= 15 is 0 Å². The fraction of sp³-hybridized carbons (Fsp3) is 0.235. The molecule has 25 heavy (non-hydrogen) atoms. The molecule has 0 saturated carbocycles. The number of hydrogen-bond donors (Lipinski definition) is 0. The summed E-state index contributed by atoms with van der Waals surface area (Å²) in [6, 6.07) is 9.69. The van der Waals surface area contributed by atoms with Crippen molar-refractivity contribution in [3.05, 3.63) is 66.5 Å². The lowest BCUT2D eigenvalue weighted by molar-refractivity contribution is 0.0492. The summed E-state index contributed by atoms with van der Waals surface area (Å²) in [6.07, 6.45) is 6.40. The van der Waals surface area contributed by atoms with Crippen LogP contribution in [0.15, 0.2) is 55.1 Å². The minimum Gasteiger partial charge on any atom is -0.487 e. The number of ether oxygens (including phenoxy) is 1. The average Bonchev–Trinajstić information content (AvgIpc) is 3.09. The number of carbonyl (C=O) groups excluding carboxylic acids is 1. The molecule has 0 aliphatic carbocycles. The van der Waals surface area contributed by atoms with Crippen molar-refractivity contribution in [2.24, 2.45) is 0 Å². The summed E-state index contributed by atoms with van der Waals surface area (Å²) < 4.78 is 7.44. The van der Waals surface area contributed by atoms with E-state index in [1.54, 1.807) is 15.8 Å². The third-order valence-corrected chi connectivity index (χ3v) is 3.99. The Morgan fingerprint density at radius 1 is 1.20 bits per heavy atom. The third-order valence-electron chi connectivity index (χ3n) is 3.99. The van der Waals surface area contributed by atoms with Crippen LogP contribution in [0.5, 0.6) is 5.75 Å². The molecule has 1 fully saturated rings. The van der Waals surface area contributed by atoms with Gasteiger partial charge in [0.05, 0.1) is 18.4 Å². The van der Waals surface area contributed by atoms with Crippen molar-refractivity contribution in [1.82, 2.24) is 29.9 Å². The van der Waals surface area contributed by atoms with E-state index in [4.69, 9.17) is 4.74 Å². The van der Waals surface area contributed by atoms with Gasteiger partial charge in [0, 0.05) is 25.5 Å². The van der Waals surface area contributed by atoms with Crippen molar-refractivity contribution in [1.29, 1.82) is 0 Å². The molecule has 126 valence electrons. The van der Waals surface area contributed by atoms with Crippen molar-refractivity contribution in [2.75, 3.05) is 13.1 Å². The highest BCUT2D eigenvalue weighted by Crippen LogP contribution is 2.22. The van der Waals surface area contributed by atoms with Gasteiger partial charge >= 0.3 is 0 Å².